The molecule has 27 heavy (non-hydrogen) atoms. The molecule has 0 N–H and O–H groups in total. The molecule has 2 aromatic carbocycles. The summed E-state index contributed by atoms with van der Waals surface area (Å²) in [5.41, 5.74) is 1.77. The third-order valence-corrected chi connectivity index (χ3v) is 6.15. The first-order valence-electron chi connectivity index (χ1n) is 8.82. The van der Waals surface area contributed by atoms with E-state index in [-0.39, 0.29) is 12.0 Å². The molecule has 1 aromatic heterocycles. The Balaban J connectivity index is 1.32. The van der Waals surface area contributed by atoms with Crippen molar-refractivity contribution in [1.29, 1.82) is 0 Å². The van der Waals surface area contributed by atoms with E-state index in [0.717, 1.165) is 28.6 Å². The van der Waals surface area contributed by atoms with Crippen LogP contribution in [0, 0.1) is 0 Å². The van der Waals surface area contributed by atoms with Gasteiger partial charge in [-0.25, -0.2) is 4.98 Å². The Bertz CT molecular complexity index is 950. The molecule has 140 valence electrons. The highest BCUT2D eigenvalue weighted by atomic mass is 35.5. The van der Waals surface area contributed by atoms with E-state index in [2.05, 4.69) is 4.98 Å². The highest BCUT2D eigenvalue weighted by Gasteiger charge is 2.25. The normalized spacial score (nSPS) is 15.3. The van der Waals surface area contributed by atoms with Crippen molar-refractivity contribution in [2.24, 2.45) is 0 Å². The second-order valence-corrected chi connectivity index (χ2v) is 8.40. The van der Waals surface area contributed by atoms with E-state index < -0.39 is 0 Å². The number of aromatic nitrogens is 1. The minimum atomic E-state index is 0.0731. The molecule has 3 aromatic rings. The van der Waals surface area contributed by atoms with Gasteiger partial charge in [-0.1, -0.05) is 52.7 Å². The summed E-state index contributed by atoms with van der Waals surface area (Å²) in [4.78, 5) is 18.9. The fraction of sp³-hybridized carbons (Fsp3) is 0.300. The van der Waals surface area contributed by atoms with Gasteiger partial charge in [-0.2, -0.15) is 0 Å². The molecule has 0 bridgehead atoms. The van der Waals surface area contributed by atoms with Gasteiger partial charge in [0.15, 0.2) is 0 Å². The number of ether oxygens (including phenoxy) is 1. The smallest absolute Gasteiger partial charge is 0.274 e. The number of carbonyl (C=O) groups excluding carboxylic acids is 1. The molecule has 2 heterocycles. The molecule has 4 rings (SSSR count). The van der Waals surface area contributed by atoms with Crippen LogP contribution in [-0.4, -0.2) is 35.0 Å². The number of fused-ring (bicyclic) bond motifs is 1. The van der Waals surface area contributed by atoms with Gasteiger partial charge in [-0.15, -0.1) is 0 Å². The lowest BCUT2D eigenvalue weighted by Crippen LogP contribution is -2.42. The molecule has 0 aliphatic carbocycles. The summed E-state index contributed by atoms with van der Waals surface area (Å²) in [5.74, 6) is 0.141. The van der Waals surface area contributed by atoms with Crippen LogP contribution in [0.2, 0.25) is 10.0 Å². The third-order valence-electron chi connectivity index (χ3n) is 4.68. The second kappa shape index (κ2) is 8.05. The largest absolute Gasteiger partial charge is 0.467 e. The lowest BCUT2D eigenvalue weighted by Gasteiger charge is -2.31. The van der Waals surface area contributed by atoms with Gasteiger partial charge < -0.3 is 9.64 Å². The quantitative estimate of drug-likeness (QED) is 0.581. The van der Waals surface area contributed by atoms with Gasteiger partial charge in [0.05, 0.1) is 16.1 Å². The minimum Gasteiger partial charge on any atom is -0.467 e. The molecule has 4 nitrogen and oxygen atoms in total. The zero-order valence-corrected chi connectivity index (χ0v) is 16.9. The number of hydrogen-bond acceptors (Lipinski definition) is 4. The number of carbonyl (C=O) groups is 1. The molecule has 7 heteroatoms. The predicted molar refractivity (Wildman–Crippen MR) is 110 cm³/mol. The van der Waals surface area contributed by atoms with Crippen LogP contribution in [0.4, 0.5) is 0 Å². The summed E-state index contributed by atoms with van der Waals surface area (Å²) in [6.07, 6.45) is 2.08. The number of piperidine rings is 1. The Hall–Kier alpha value is -1.82. The number of amides is 1. The van der Waals surface area contributed by atoms with Gasteiger partial charge in [0.1, 0.15) is 11.6 Å². The number of hydrogen-bond donors (Lipinski definition) is 0. The van der Waals surface area contributed by atoms with Crippen LogP contribution in [0.15, 0.2) is 42.5 Å². The lowest BCUT2D eigenvalue weighted by atomic mass is 10.1. The molecule has 1 amide bonds. The van der Waals surface area contributed by atoms with Crippen LogP contribution in [-0.2, 0) is 11.2 Å². The van der Waals surface area contributed by atoms with E-state index in [1.807, 2.05) is 47.4 Å². The maximum Gasteiger partial charge on any atom is 0.274 e. The molecular weight excluding hydrogens is 403 g/mol. The summed E-state index contributed by atoms with van der Waals surface area (Å²) in [6.45, 7) is 1.39. The molecular formula is C20H18Cl2N2O2S. The molecule has 1 aliphatic heterocycles. The molecule has 0 unspecified atom stereocenters. The van der Waals surface area contributed by atoms with Gasteiger partial charge in [0, 0.05) is 31.0 Å². The van der Waals surface area contributed by atoms with E-state index in [4.69, 9.17) is 27.9 Å². The maximum atomic E-state index is 12.5. The lowest BCUT2D eigenvalue weighted by molar-refractivity contribution is -0.132. The van der Waals surface area contributed by atoms with E-state index in [9.17, 15) is 4.79 Å². The van der Waals surface area contributed by atoms with E-state index in [1.54, 1.807) is 0 Å². The number of nitrogens with zero attached hydrogens (tertiary/aromatic N) is 2. The number of thiazole rings is 1. The van der Waals surface area contributed by atoms with Crippen molar-refractivity contribution in [3.63, 3.8) is 0 Å². The molecule has 1 aliphatic rings. The Morgan fingerprint density at radius 1 is 1.15 bits per heavy atom. The highest BCUT2D eigenvalue weighted by Crippen LogP contribution is 2.33. The van der Waals surface area contributed by atoms with Crippen molar-refractivity contribution in [2.45, 2.75) is 25.4 Å². The van der Waals surface area contributed by atoms with Crippen LogP contribution in [0.25, 0.3) is 10.2 Å². The molecule has 1 fully saturated rings. The first-order chi connectivity index (χ1) is 13.1. The minimum absolute atomic E-state index is 0.0731. The van der Waals surface area contributed by atoms with Gasteiger partial charge in [0.25, 0.3) is 5.19 Å². The van der Waals surface area contributed by atoms with Gasteiger partial charge >= 0.3 is 0 Å². The maximum absolute atomic E-state index is 12.5. The third kappa shape index (κ3) is 4.37. The highest BCUT2D eigenvalue weighted by molar-refractivity contribution is 7.20. The van der Waals surface area contributed by atoms with Crippen LogP contribution in [0.5, 0.6) is 5.19 Å². The van der Waals surface area contributed by atoms with Crippen molar-refractivity contribution in [3.8, 4) is 5.19 Å². The zero-order chi connectivity index (χ0) is 18.8. The fourth-order valence-electron chi connectivity index (χ4n) is 3.20. The average molecular weight is 421 g/mol. The van der Waals surface area contributed by atoms with E-state index in [0.29, 0.717) is 34.7 Å². The van der Waals surface area contributed by atoms with Crippen molar-refractivity contribution in [2.75, 3.05) is 13.1 Å². The monoisotopic (exact) mass is 420 g/mol. The van der Waals surface area contributed by atoms with Gasteiger partial charge in [-0.05, 0) is 29.8 Å². The molecule has 0 spiro atoms. The van der Waals surface area contributed by atoms with Crippen molar-refractivity contribution >= 4 is 50.7 Å². The van der Waals surface area contributed by atoms with Crippen LogP contribution in [0.3, 0.4) is 0 Å². The zero-order valence-electron chi connectivity index (χ0n) is 14.5. The molecule has 0 atom stereocenters. The van der Waals surface area contributed by atoms with E-state index in [1.165, 1.54) is 11.3 Å². The first kappa shape index (κ1) is 18.5. The Labute approximate surface area is 171 Å². The summed E-state index contributed by atoms with van der Waals surface area (Å²) in [6, 6.07) is 13.2. The molecule has 1 saturated heterocycles. The van der Waals surface area contributed by atoms with Gasteiger partial charge in [0.2, 0.25) is 5.91 Å². The number of halogens is 2. The van der Waals surface area contributed by atoms with E-state index >= 15 is 0 Å². The Morgan fingerprint density at radius 2 is 1.89 bits per heavy atom. The van der Waals surface area contributed by atoms with Crippen molar-refractivity contribution < 1.29 is 9.53 Å². The Kier molecular flexibility index (Phi) is 5.53. The van der Waals surface area contributed by atoms with Crippen LogP contribution in [0.1, 0.15) is 18.4 Å². The SMILES string of the molecule is O=C(Cc1ccc(Cl)cc1)N1CCC(Oc2nc3c(Cl)cccc3s2)CC1. The number of rotatable bonds is 4. The van der Waals surface area contributed by atoms with Crippen molar-refractivity contribution in [3.05, 3.63) is 58.1 Å². The first-order valence-corrected chi connectivity index (χ1v) is 10.4. The predicted octanol–water partition coefficient (Wildman–Crippen LogP) is 5.22. The number of para-hydroxylation sites is 1. The van der Waals surface area contributed by atoms with Gasteiger partial charge in [-0.3, -0.25) is 4.79 Å². The summed E-state index contributed by atoms with van der Waals surface area (Å²) >= 11 is 13.6. The summed E-state index contributed by atoms with van der Waals surface area (Å²) in [7, 11) is 0. The summed E-state index contributed by atoms with van der Waals surface area (Å²) < 4.78 is 7.07. The topological polar surface area (TPSA) is 42.4 Å². The second-order valence-electron chi connectivity index (χ2n) is 6.57. The molecule has 0 radical (unpaired) electrons. The van der Waals surface area contributed by atoms with Crippen LogP contribution >= 0.6 is 34.5 Å². The molecule has 0 saturated carbocycles. The average Bonchev–Trinajstić information content (AvgIpc) is 3.08. The van der Waals surface area contributed by atoms with Crippen LogP contribution < -0.4 is 4.74 Å². The summed E-state index contributed by atoms with van der Waals surface area (Å²) in [5, 5.41) is 1.96. The standard InChI is InChI=1S/C20H18Cl2N2O2S/c21-14-6-4-13(5-7-14)12-18(25)24-10-8-15(9-11-24)26-20-23-19-16(22)2-1-3-17(19)27-20/h1-7,15H,8-12H2. The number of benzene rings is 2. The number of likely N-dealkylation sites (tertiary alicyclic amines) is 1. The van der Waals surface area contributed by atoms with Crippen molar-refractivity contribution in [1.82, 2.24) is 9.88 Å². The fourth-order valence-corrected chi connectivity index (χ4v) is 4.51. The Morgan fingerprint density at radius 3 is 2.59 bits per heavy atom.